The van der Waals surface area contributed by atoms with Crippen molar-refractivity contribution in [3.05, 3.63) is 54.2 Å². The zero-order valence-corrected chi connectivity index (χ0v) is 26.2. The number of alkyl halides is 2. The first-order valence-corrected chi connectivity index (χ1v) is 15.4. The van der Waals surface area contributed by atoms with Crippen molar-refractivity contribution in [3.63, 3.8) is 0 Å². The van der Waals surface area contributed by atoms with Crippen LogP contribution in [0, 0.1) is 11.6 Å². The fourth-order valence-electron chi connectivity index (χ4n) is 6.11. The van der Waals surface area contributed by atoms with Crippen LogP contribution in [0.25, 0.3) is 22.4 Å². The number of aromatic nitrogens is 5. The SMILES string of the molecule is COc1c(F)cc(-c2cc(Cn3cnc4c(NCOC(=O)N5CCOCC5)ncnc43)c(N3CCC[C@](N)(CC(F)F)C3)cn2)cc1F. The third-order valence-corrected chi connectivity index (χ3v) is 8.42. The molecule has 0 spiro atoms. The van der Waals surface area contributed by atoms with Crippen molar-refractivity contribution in [1.29, 1.82) is 0 Å². The summed E-state index contributed by atoms with van der Waals surface area (Å²) in [6, 6.07) is 3.95. The van der Waals surface area contributed by atoms with E-state index in [0.29, 0.717) is 73.9 Å². The number of piperidine rings is 1. The van der Waals surface area contributed by atoms with E-state index >= 15 is 0 Å². The van der Waals surface area contributed by atoms with Crippen molar-refractivity contribution in [3.8, 4) is 17.0 Å². The van der Waals surface area contributed by atoms with Gasteiger partial charge >= 0.3 is 6.09 Å². The predicted octanol–water partition coefficient (Wildman–Crippen LogP) is 4.01. The topological polar surface area (TPSA) is 146 Å². The number of rotatable bonds is 10. The number of hydrogen-bond donors (Lipinski definition) is 2. The number of halogens is 4. The Balaban J connectivity index is 1.30. The third-order valence-electron chi connectivity index (χ3n) is 8.42. The normalized spacial score (nSPS) is 18.4. The quantitative estimate of drug-likeness (QED) is 0.186. The summed E-state index contributed by atoms with van der Waals surface area (Å²) in [7, 11) is 1.18. The zero-order valence-electron chi connectivity index (χ0n) is 26.2. The lowest BCUT2D eigenvalue weighted by atomic mass is 9.86. The Kier molecular flexibility index (Phi) is 9.77. The Bertz CT molecular complexity index is 1750. The summed E-state index contributed by atoms with van der Waals surface area (Å²) >= 11 is 0. The van der Waals surface area contributed by atoms with E-state index in [1.54, 1.807) is 28.1 Å². The summed E-state index contributed by atoms with van der Waals surface area (Å²) in [5, 5.41) is 2.97. The smallest absolute Gasteiger partial charge is 0.411 e. The highest BCUT2D eigenvalue weighted by Crippen LogP contribution is 2.34. The van der Waals surface area contributed by atoms with E-state index in [1.807, 2.05) is 4.90 Å². The Morgan fingerprint density at radius 2 is 1.88 bits per heavy atom. The Morgan fingerprint density at radius 3 is 2.60 bits per heavy atom. The molecule has 3 aromatic heterocycles. The molecule has 1 aromatic carbocycles. The van der Waals surface area contributed by atoms with Gasteiger partial charge in [0.25, 0.3) is 0 Å². The molecular formula is C31H35F4N9O4. The molecule has 1 atom stereocenters. The highest BCUT2D eigenvalue weighted by atomic mass is 19.3. The Morgan fingerprint density at radius 1 is 1.10 bits per heavy atom. The van der Waals surface area contributed by atoms with E-state index in [-0.39, 0.29) is 31.1 Å². The molecule has 6 rings (SSSR count). The standard InChI is InChI=1S/C31H35F4N9O4/c1-46-27-21(32)9-19(10-22(27)33)23-11-20(24(13-37-23)43-4-2-3-31(36,15-43)12-25(34)35)14-44-17-40-26-28(38-16-39-29(26)44)41-18-48-30(45)42-5-7-47-8-6-42/h9-11,13,16-17,25H,2-8,12,14-15,18,36H2,1H3,(H,38,39,41)/t31-/m0/s1. The van der Waals surface area contributed by atoms with Crippen LogP contribution in [0.3, 0.4) is 0 Å². The maximum atomic E-state index is 14.7. The third kappa shape index (κ3) is 7.21. The number of nitrogens with one attached hydrogen (secondary N) is 1. The molecule has 2 aliphatic heterocycles. The van der Waals surface area contributed by atoms with Gasteiger partial charge < -0.3 is 39.6 Å². The van der Waals surface area contributed by atoms with Gasteiger partial charge in [0.1, 0.15) is 6.33 Å². The summed E-state index contributed by atoms with van der Waals surface area (Å²) < 4.78 is 73.3. The molecule has 1 amide bonds. The van der Waals surface area contributed by atoms with Crippen LogP contribution in [-0.4, -0.2) is 101 Å². The van der Waals surface area contributed by atoms with Gasteiger partial charge in [0.2, 0.25) is 6.43 Å². The van der Waals surface area contributed by atoms with Gasteiger partial charge in [-0.25, -0.2) is 37.3 Å². The molecule has 2 fully saturated rings. The van der Waals surface area contributed by atoms with Crippen LogP contribution >= 0.6 is 0 Å². The van der Waals surface area contributed by atoms with Gasteiger partial charge in [0.15, 0.2) is 41.1 Å². The highest BCUT2D eigenvalue weighted by Gasteiger charge is 2.35. The molecule has 13 nitrogen and oxygen atoms in total. The molecular weight excluding hydrogens is 638 g/mol. The van der Waals surface area contributed by atoms with Crippen molar-refractivity contribution < 1.29 is 36.6 Å². The minimum absolute atomic E-state index is 0.156. The van der Waals surface area contributed by atoms with Crippen molar-refractivity contribution in [2.75, 3.05) is 63.5 Å². The van der Waals surface area contributed by atoms with Crippen molar-refractivity contribution in [2.45, 2.75) is 37.8 Å². The van der Waals surface area contributed by atoms with E-state index in [1.165, 1.54) is 13.4 Å². The van der Waals surface area contributed by atoms with Crippen molar-refractivity contribution in [2.24, 2.45) is 5.73 Å². The predicted molar refractivity (Wildman–Crippen MR) is 167 cm³/mol. The molecule has 0 saturated carbocycles. The van der Waals surface area contributed by atoms with Gasteiger partial charge in [-0.2, -0.15) is 0 Å². The van der Waals surface area contributed by atoms with E-state index < -0.39 is 41.9 Å². The van der Waals surface area contributed by atoms with E-state index in [4.69, 9.17) is 19.9 Å². The number of carbonyl (C=O) groups excluding carboxylic acids is 1. The molecule has 48 heavy (non-hydrogen) atoms. The fourth-order valence-corrected chi connectivity index (χ4v) is 6.11. The summed E-state index contributed by atoms with van der Waals surface area (Å²) in [5.74, 6) is -1.94. The van der Waals surface area contributed by atoms with Gasteiger partial charge in [-0.3, -0.25) is 4.98 Å². The Labute approximate surface area is 273 Å². The van der Waals surface area contributed by atoms with Crippen LogP contribution in [0.1, 0.15) is 24.8 Å². The first-order valence-electron chi connectivity index (χ1n) is 15.4. The van der Waals surface area contributed by atoms with Gasteiger partial charge in [-0.15, -0.1) is 0 Å². The monoisotopic (exact) mass is 673 g/mol. The summed E-state index contributed by atoms with van der Waals surface area (Å²) in [6.07, 6.45) is 2.00. The number of fused-ring (bicyclic) bond motifs is 1. The summed E-state index contributed by atoms with van der Waals surface area (Å²) in [5.41, 5.74) is 7.92. The van der Waals surface area contributed by atoms with Crippen molar-refractivity contribution in [1.82, 2.24) is 29.4 Å². The lowest BCUT2D eigenvalue weighted by Crippen LogP contribution is -2.55. The minimum atomic E-state index is -2.56. The molecule has 0 unspecified atom stereocenters. The van der Waals surface area contributed by atoms with Gasteiger partial charge in [0.05, 0.1) is 50.8 Å². The number of nitrogens with two attached hydrogens (primary N) is 1. The second kappa shape index (κ2) is 14.1. The van der Waals surface area contributed by atoms with Crippen LogP contribution in [0.2, 0.25) is 0 Å². The van der Waals surface area contributed by atoms with Crippen LogP contribution in [0.5, 0.6) is 5.75 Å². The second-order valence-electron chi connectivity index (χ2n) is 11.8. The van der Waals surface area contributed by atoms with Gasteiger partial charge in [0, 0.05) is 43.7 Å². The number of carbonyl (C=O) groups is 1. The lowest BCUT2D eigenvalue weighted by Gasteiger charge is -2.42. The number of pyridine rings is 1. The van der Waals surface area contributed by atoms with Crippen LogP contribution < -0.4 is 20.7 Å². The molecule has 2 aliphatic rings. The van der Waals surface area contributed by atoms with E-state index in [0.717, 1.165) is 12.1 Å². The maximum absolute atomic E-state index is 14.7. The van der Waals surface area contributed by atoms with E-state index in [2.05, 4.69) is 25.3 Å². The molecule has 5 heterocycles. The number of morpholine rings is 1. The minimum Gasteiger partial charge on any atom is -0.491 e. The van der Waals surface area contributed by atoms with Crippen LogP contribution in [-0.2, 0) is 16.0 Å². The number of ether oxygens (including phenoxy) is 3. The van der Waals surface area contributed by atoms with Gasteiger partial charge in [-0.05, 0) is 36.6 Å². The van der Waals surface area contributed by atoms with Gasteiger partial charge in [-0.1, -0.05) is 0 Å². The lowest BCUT2D eigenvalue weighted by molar-refractivity contribution is 0.0291. The largest absolute Gasteiger partial charge is 0.491 e. The summed E-state index contributed by atoms with van der Waals surface area (Å²) in [4.78, 5) is 33.5. The van der Waals surface area contributed by atoms with E-state index in [9.17, 15) is 22.4 Å². The molecule has 0 radical (unpaired) electrons. The zero-order chi connectivity index (χ0) is 33.8. The number of benzene rings is 1. The van der Waals surface area contributed by atoms with Crippen molar-refractivity contribution >= 4 is 28.8 Å². The fraction of sp³-hybridized carbons (Fsp3) is 0.452. The molecule has 2 saturated heterocycles. The first kappa shape index (κ1) is 33.1. The molecule has 0 bridgehead atoms. The first-order chi connectivity index (χ1) is 23.1. The molecule has 0 aliphatic carbocycles. The molecule has 17 heteroatoms. The second-order valence-corrected chi connectivity index (χ2v) is 11.8. The number of anilines is 2. The number of nitrogens with zero attached hydrogens (tertiary/aromatic N) is 7. The molecule has 4 aromatic rings. The average molecular weight is 674 g/mol. The summed E-state index contributed by atoms with van der Waals surface area (Å²) in [6.45, 7) is 2.51. The maximum Gasteiger partial charge on any atom is 0.411 e. The molecule has 256 valence electrons. The number of methoxy groups -OCH3 is 1. The number of hydrogen-bond acceptors (Lipinski definition) is 11. The number of imidazole rings is 1. The number of amides is 1. The average Bonchev–Trinajstić information content (AvgIpc) is 3.47. The van der Waals surface area contributed by atoms with Crippen LogP contribution in [0.4, 0.5) is 33.9 Å². The Hall–Kier alpha value is -4.77. The highest BCUT2D eigenvalue weighted by molar-refractivity contribution is 5.83. The molecule has 3 N–H and O–H groups in total. The van der Waals surface area contributed by atoms with Crippen LogP contribution in [0.15, 0.2) is 37.1 Å².